The third-order valence-electron chi connectivity index (χ3n) is 4.29. The van der Waals surface area contributed by atoms with Crippen LogP contribution in [-0.2, 0) is 4.74 Å². The lowest BCUT2D eigenvalue weighted by atomic mass is 10.2. The Hall–Kier alpha value is -3.46. The van der Waals surface area contributed by atoms with Gasteiger partial charge in [0.2, 0.25) is 5.95 Å². The Morgan fingerprint density at radius 1 is 1.14 bits per heavy atom. The van der Waals surface area contributed by atoms with E-state index in [4.69, 9.17) is 9.26 Å². The second kappa shape index (κ2) is 8.05. The van der Waals surface area contributed by atoms with Crippen molar-refractivity contribution in [1.29, 1.82) is 0 Å². The summed E-state index contributed by atoms with van der Waals surface area (Å²) < 4.78 is 10.4. The van der Waals surface area contributed by atoms with E-state index in [1.807, 2.05) is 24.3 Å². The molecule has 0 radical (unpaired) electrons. The van der Waals surface area contributed by atoms with Gasteiger partial charge in [-0.05, 0) is 19.1 Å². The number of hydrogen-bond donors (Lipinski definition) is 2. The summed E-state index contributed by atoms with van der Waals surface area (Å²) in [6.07, 6.45) is 2.93. The minimum atomic E-state index is -0.274. The predicted octanol–water partition coefficient (Wildman–Crippen LogP) is 2.61. The lowest BCUT2D eigenvalue weighted by Crippen LogP contribution is -2.36. The van der Waals surface area contributed by atoms with Gasteiger partial charge in [0.15, 0.2) is 5.82 Å². The number of para-hydroxylation sites is 2. The van der Waals surface area contributed by atoms with Crippen molar-refractivity contribution in [3.63, 3.8) is 0 Å². The fraction of sp³-hybridized carbons (Fsp3) is 0.263. The number of carbonyl (C=O) groups excluding carboxylic acids is 1. The Labute approximate surface area is 161 Å². The van der Waals surface area contributed by atoms with E-state index in [0.717, 1.165) is 24.5 Å². The average molecular weight is 380 g/mol. The number of nitrogens with zero attached hydrogens (tertiary/aromatic N) is 4. The Morgan fingerprint density at radius 3 is 2.61 bits per heavy atom. The quantitative estimate of drug-likeness (QED) is 0.696. The van der Waals surface area contributed by atoms with Crippen molar-refractivity contribution < 1.29 is 14.1 Å². The normalized spacial score (nSPS) is 14.0. The maximum atomic E-state index is 12.6. The van der Waals surface area contributed by atoms with Crippen LogP contribution in [0, 0.1) is 6.92 Å². The van der Waals surface area contributed by atoms with Gasteiger partial charge in [0, 0.05) is 31.5 Å². The number of anilines is 4. The van der Waals surface area contributed by atoms with E-state index in [1.165, 1.54) is 12.4 Å². The van der Waals surface area contributed by atoms with Crippen molar-refractivity contribution >= 4 is 29.0 Å². The largest absolute Gasteiger partial charge is 0.378 e. The number of aromatic nitrogens is 3. The van der Waals surface area contributed by atoms with E-state index < -0.39 is 0 Å². The number of nitrogens with one attached hydrogen (secondary N) is 2. The zero-order chi connectivity index (χ0) is 19.3. The molecule has 2 N–H and O–H groups in total. The lowest BCUT2D eigenvalue weighted by Gasteiger charge is -2.30. The lowest BCUT2D eigenvalue weighted by molar-refractivity contribution is 0.102. The molecule has 0 unspecified atom stereocenters. The molecule has 2 aromatic heterocycles. The van der Waals surface area contributed by atoms with Crippen LogP contribution >= 0.6 is 0 Å². The number of morpholine rings is 1. The van der Waals surface area contributed by atoms with Crippen LogP contribution < -0.4 is 15.5 Å². The molecule has 28 heavy (non-hydrogen) atoms. The number of aryl methyl sites for hydroxylation is 1. The summed E-state index contributed by atoms with van der Waals surface area (Å²) in [6, 6.07) is 9.45. The minimum absolute atomic E-state index is 0.274. The molecule has 0 aliphatic carbocycles. The summed E-state index contributed by atoms with van der Waals surface area (Å²) in [5, 5.41) is 9.68. The van der Waals surface area contributed by atoms with Crippen LogP contribution in [0.5, 0.6) is 0 Å². The highest BCUT2D eigenvalue weighted by atomic mass is 16.5. The standard InChI is InChI=1S/C19H20N6O3/c1-13-10-17(24-28-13)23-19-20-11-14(12-21-19)18(26)22-15-4-2-3-5-16(15)25-6-8-27-9-7-25/h2-5,10-12H,6-9H2,1H3,(H,22,26)(H,20,21,23,24). The predicted molar refractivity (Wildman–Crippen MR) is 104 cm³/mol. The third-order valence-corrected chi connectivity index (χ3v) is 4.29. The fourth-order valence-corrected chi connectivity index (χ4v) is 2.90. The van der Waals surface area contributed by atoms with Crippen molar-refractivity contribution in [1.82, 2.24) is 15.1 Å². The first kappa shape index (κ1) is 17.9. The van der Waals surface area contributed by atoms with Gasteiger partial charge >= 0.3 is 0 Å². The molecule has 1 fully saturated rings. The highest BCUT2D eigenvalue weighted by Crippen LogP contribution is 2.26. The van der Waals surface area contributed by atoms with Crippen LogP contribution in [0.1, 0.15) is 16.1 Å². The number of carbonyl (C=O) groups is 1. The Kier molecular flexibility index (Phi) is 5.16. The topological polar surface area (TPSA) is 105 Å². The molecule has 1 amide bonds. The second-order valence-electron chi connectivity index (χ2n) is 6.31. The van der Waals surface area contributed by atoms with Gasteiger partial charge in [-0.1, -0.05) is 17.3 Å². The minimum Gasteiger partial charge on any atom is -0.378 e. The van der Waals surface area contributed by atoms with E-state index in [1.54, 1.807) is 13.0 Å². The highest BCUT2D eigenvalue weighted by Gasteiger charge is 2.16. The maximum absolute atomic E-state index is 12.6. The second-order valence-corrected chi connectivity index (χ2v) is 6.31. The van der Waals surface area contributed by atoms with Gasteiger partial charge < -0.3 is 24.8 Å². The number of amides is 1. The summed E-state index contributed by atoms with van der Waals surface area (Å²) in [7, 11) is 0. The Bertz CT molecular complexity index is 950. The zero-order valence-electron chi connectivity index (χ0n) is 15.4. The van der Waals surface area contributed by atoms with Gasteiger partial charge in [-0.3, -0.25) is 4.79 Å². The maximum Gasteiger partial charge on any atom is 0.258 e. The molecule has 3 heterocycles. The smallest absolute Gasteiger partial charge is 0.258 e. The molecule has 3 aromatic rings. The van der Waals surface area contributed by atoms with E-state index in [0.29, 0.717) is 36.3 Å². The molecule has 0 bridgehead atoms. The monoisotopic (exact) mass is 380 g/mol. The van der Waals surface area contributed by atoms with Crippen molar-refractivity contribution in [2.75, 3.05) is 41.8 Å². The molecule has 0 spiro atoms. The molecule has 1 aromatic carbocycles. The van der Waals surface area contributed by atoms with Gasteiger partial charge in [-0.25, -0.2) is 9.97 Å². The van der Waals surface area contributed by atoms with E-state index >= 15 is 0 Å². The molecule has 144 valence electrons. The first-order chi connectivity index (χ1) is 13.7. The van der Waals surface area contributed by atoms with E-state index in [2.05, 4.69) is 30.7 Å². The van der Waals surface area contributed by atoms with E-state index in [-0.39, 0.29) is 5.91 Å². The first-order valence-corrected chi connectivity index (χ1v) is 8.94. The van der Waals surface area contributed by atoms with Crippen LogP contribution in [-0.4, -0.2) is 47.3 Å². The van der Waals surface area contributed by atoms with Crippen LogP contribution in [0.2, 0.25) is 0 Å². The number of rotatable bonds is 5. The Morgan fingerprint density at radius 2 is 1.89 bits per heavy atom. The summed E-state index contributed by atoms with van der Waals surface area (Å²) >= 11 is 0. The summed E-state index contributed by atoms with van der Waals surface area (Å²) in [6.45, 7) is 4.72. The fourth-order valence-electron chi connectivity index (χ4n) is 2.90. The van der Waals surface area contributed by atoms with Crippen molar-refractivity contribution in [3.05, 3.63) is 54.0 Å². The molecule has 1 aliphatic heterocycles. The highest BCUT2D eigenvalue weighted by molar-refractivity contribution is 6.05. The number of ether oxygens (including phenoxy) is 1. The zero-order valence-corrected chi connectivity index (χ0v) is 15.4. The van der Waals surface area contributed by atoms with Crippen LogP contribution in [0.15, 0.2) is 47.2 Å². The number of benzene rings is 1. The van der Waals surface area contributed by atoms with Crippen LogP contribution in [0.4, 0.5) is 23.1 Å². The molecular formula is C19H20N6O3. The van der Waals surface area contributed by atoms with Crippen molar-refractivity contribution in [3.8, 4) is 0 Å². The summed E-state index contributed by atoms with van der Waals surface area (Å²) in [4.78, 5) is 23.2. The molecule has 0 saturated carbocycles. The van der Waals surface area contributed by atoms with Crippen LogP contribution in [0.25, 0.3) is 0 Å². The third kappa shape index (κ3) is 4.09. The van der Waals surface area contributed by atoms with Gasteiger partial charge in [0.05, 0.1) is 30.2 Å². The summed E-state index contributed by atoms with van der Waals surface area (Å²) in [5.41, 5.74) is 2.08. The molecule has 9 nitrogen and oxygen atoms in total. The molecule has 0 atom stereocenters. The van der Waals surface area contributed by atoms with Gasteiger partial charge in [0.25, 0.3) is 5.91 Å². The SMILES string of the molecule is Cc1cc(Nc2ncc(C(=O)Nc3ccccc3N3CCOCC3)cn2)no1. The van der Waals surface area contributed by atoms with Crippen molar-refractivity contribution in [2.45, 2.75) is 6.92 Å². The van der Waals surface area contributed by atoms with Gasteiger partial charge in [-0.15, -0.1) is 0 Å². The molecule has 9 heteroatoms. The van der Waals surface area contributed by atoms with E-state index in [9.17, 15) is 4.79 Å². The van der Waals surface area contributed by atoms with Crippen LogP contribution in [0.3, 0.4) is 0 Å². The van der Waals surface area contributed by atoms with Gasteiger partial charge in [0.1, 0.15) is 5.76 Å². The molecular weight excluding hydrogens is 360 g/mol. The number of hydrogen-bond acceptors (Lipinski definition) is 8. The van der Waals surface area contributed by atoms with Gasteiger partial charge in [-0.2, -0.15) is 0 Å². The summed E-state index contributed by atoms with van der Waals surface area (Å²) in [5.74, 6) is 1.25. The molecule has 1 aliphatic rings. The molecule has 1 saturated heterocycles. The molecule has 4 rings (SSSR count). The Balaban J connectivity index is 1.45. The first-order valence-electron chi connectivity index (χ1n) is 8.94. The van der Waals surface area contributed by atoms with Crippen molar-refractivity contribution in [2.24, 2.45) is 0 Å². The average Bonchev–Trinajstić information content (AvgIpc) is 3.14.